The molecule has 0 amide bonds. The third-order valence-corrected chi connectivity index (χ3v) is 6.31. The Kier molecular flexibility index (Phi) is 4.25. The average Bonchev–Trinajstić information content (AvgIpc) is 3.41. The fraction of sp³-hybridized carbons (Fsp3) is 0.143. The van der Waals surface area contributed by atoms with E-state index in [2.05, 4.69) is 15.1 Å². The number of nitrogens with one attached hydrogen (secondary N) is 2. The number of hydrogen-bond acceptors (Lipinski definition) is 6. The van der Waals surface area contributed by atoms with Gasteiger partial charge >= 0.3 is 0 Å². The van der Waals surface area contributed by atoms with Crippen LogP contribution in [0.4, 0.5) is 0 Å². The summed E-state index contributed by atoms with van der Waals surface area (Å²) in [6, 6.07) is 8.01. The van der Waals surface area contributed by atoms with Gasteiger partial charge in [-0.3, -0.25) is 4.79 Å². The van der Waals surface area contributed by atoms with E-state index in [0.29, 0.717) is 24.2 Å². The largest absolute Gasteiger partial charge is 0.402 e. The maximum Gasteiger partial charge on any atom is 0.291 e. The number of aromatic nitrogens is 5. The van der Waals surface area contributed by atoms with Crippen molar-refractivity contribution in [2.24, 2.45) is 12.8 Å². The van der Waals surface area contributed by atoms with E-state index < -0.39 is 0 Å². The molecule has 0 saturated carbocycles. The Bertz CT molecular complexity index is 1520. The van der Waals surface area contributed by atoms with Crippen LogP contribution in [0.25, 0.3) is 32.2 Å². The van der Waals surface area contributed by atoms with Gasteiger partial charge in [-0.15, -0.1) is 11.3 Å². The van der Waals surface area contributed by atoms with E-state index in [1.165, 1.54) is 22.2 Å². The molecule has 4 N–H and O–H groups in total. The zero-order valence-corrected chi connectivity index (χ0v) is 17.0. The lowest BCUT2D eigenvalue weighted by Gasteiger charge is -2.07. The molecule has 0 fully saturated rings. The molecule has 30 heavy (non-hydrogen) atoms. The first-order chi connectivity index (χ1) is 14.6. The lowest BCUT2D eigenvalue weighted by Crippen LogP contribution is -2.24. The van der Waals surface area contributed by atoms with Gasteiger partial charge in [0.15, 0.2) is 5.65 Å². The van der Waals surface area contributed by atoms with Crippen molar-refractivity contribution in [3.05, 3.63) is 69.4 Å². The normalized spacial score (nSPS) is 12.4. The number of thiazole rings is 1. The second-order valence-corrected chi connectivity index (χ2v) is 8.21. The highest BCUT2D eigenvalue weighted by Crippen LogP contribution is 2.31. The van der Waals surface area contributed by atoms with Crippen LogP contribution < -0.4 is 11.3 Å². The fourth-order valence-corrected chi connectivity index (χ4v) is 4.95. The first kappa shape index (κ1) is 18.3. The molecule has 8 nitrogen and oxygen atoms in total. The zero-order valence-electron chi connectivity index (χ0n) is 16.2. The van der Waals surface area contributed by atoms with Crippen molar-refractivity contribution in [2.75, 3.05) is 0 Å². The van der Waals surface area contributed by atoms with Crippen molar-refractivity contribution >= 4 is 49.7 Å². The highest BCUT2D eigenvalue weighted by molar-refractivity contribution is 7.19. The van der Waals surface area contributed by atoms with Gasteiger partial charge in [-0.25, -0.2) is 9.67 Å². The maximum atomic E-state index is 13.2. The minimum atomic E-state index is -0.141. The summed E-state index contributed by atoms with van der Waals surface area (Å²) >= 11 is 1.50. The number of allylic oxidation sites excluding steroid dienone is 2. The quantitative estimate of drug-likeness (QED) is 0.381. The van der Waals surface area contributed by atoms with Crippen LogP contribution in [0.3, 0.4) is 0 Å². The molecule has 0 unspecified atom stereocenters. The highest BCUT2D eigenvalue weighted by Gasteiger charge is 2.18. The Morgan fingerprint density at radius 3 is 3.03 bits per heavy atom. The van der Waals surface area contributed by atoms with Crippen molar-refractivity contribution in [1.82, 2.24) is 24.3 Å². The van der Waals surface area contributed by atoms with Crippen LogP contribution in [-0.2, 0) is 20.0 Å². The molecule has 0 bridgehead atoms. The summed E-state index contributed by atoms with van der Waals surface area (Å²) < 4.78 is 4.26. The Morgan fingerprint density at radius 1 is 1.33 bits per heavy atom. The summed E-state index contributed by atoms with van der Waals surface area (Å²) in [7, 11) is 1.85. The van der Waals surface area contributed by atoms with Crippen LogP contribution in [0.5, 0.6) is 0 Å². The van der Waals surface area contributed by atoms with Crippen LogP contribution in [0.2, 0.25) is 0 Å². The topological polar surface area (TPSA) is 118 Å². The highest BCUT2D eigenvalue weighted by atomic mass is 32.1. The number of aromatic amines is 1. The van der Waals surface area contributed by atoms with Crippen molar-refractivity contribution in [2.45, 2.75) is 13.0 Å². The Morgan fingerprint density at radius 2 is 2.20 bits per heavy atom. The molecule has 5 aromatic rings. The number of aryl methyl sites for hydroxylation is 1. The zero-order chi connectivity index (χ0) is 20.8. The van der Waals surface area contributed by atoms with Gasteiger partial charge in [0.05, 0.1) is 17.4 Å². The van der Waals surface area contributed by atoms with Crippen LogP contribution >= 0.6 is 11.3 Å². The predicted octanol–water partition coefficient (Wildman–Crippen LogP) is 2.91. The van der Waals surface area contributed by atoms with Gasteiger partial charge in [0.1, 0.15) is 10.5 Å². The molecule has 1 aromatic carbocycles. The van der Waals surface area contributed by atoms with Crippen LogP contribution in [-0.4, -0.2) is 30.5 Å². The number of hydrogen-bond donors (Lipinski definition) is 3. The number of nitrogens with zero attached hydrogens (tertiary/aromatic N) is 4. The van der Waals surface area contributed by atoms with Gasteiger partial charge < -0.3 is 20.7 Å². The Balaban J connectivity index is 1.60. The molecule has 0 aliphatic rings. The van der Waals surface area contributed by atoms with Crippen LogP contribution in [0.1, 0.15) is 10.6 Å². The standard InChI is InChI=1S/C21H19N7OS/c1-27-18-15(19-20(27)26-17(30-19)9-13(23)5-7-22)10-25-28(21(18)29)11-12-3-2-4-16-14(12)6-8-24-16/h2-8,10,22,24H,9,11,23H2,1H3. The SMILES string of the molecule is Cn1c2nc(CC(N)=CC=N)sc2c2cnn(Cc3cccc4[nH]ccc34)c(=O)c21. The molecule has 0 saturated heterocycles. The molecule has 4 heterocycles. The van der Waals surface area contributed by atoms with Gasteiger partial charge in [0.25, 0.3) is 5.56 Å². The third kappa shape index (κ3) is 2.82. The summed E-state index contributed by atoms with van der Waals surface area (Å²) in [5, 5.41) is 14.3. The molecule has 0 spiro atoms. The van der Waals surface area contributed by atoms with Crippen LogP contribution in [0, 0.1) is 5.41 Å². The second-order valence-electron chi connectivity index (χ2n) is 7.13. The van der Waals surface area contributed by atoms with Gasteiger partial charge in [0, 0.05) is 47.9 Å². The molecule has 4 aromatic heterocycles. The van der Waals surface area contributed by atoms with E-state index in [0.717, 1.165) is 37.2 Å². The van der Waals surface area contributed by atoms with Gasteiger partial charge in [-0.2, -0.15) is 5.10 Å². The third-order valence-electron chi connectivity index (χ3n) is 5.23. The summed E-state index contributed by atoms with van der Waals surface area (Å²) in [5.41, 5.74) is 9.75. The second kappa shape index (κ2) is 6.96. The number of fused-ring (bicyclic) bond motifs is 4. The number of benzene rings is 1. The average molecular weight is 417 g/mol. The van der Waals surface area contributed by atoms with Crippen molar-refractivity contribution in [3.8, 4) is 0 Å². The van der Waals surface area contributed by atoms with Gasteiger partial charge in [-0.05, 0) is 23.8 Å². The summed E-state index contributed by atoms with van der Waals surface area (Å²) in [6.07, 6.45) is 6.83. The van der Waals surface area contributed by atoms with Crippen LogP contribution in [0.15, 0.2) is 53.2 Å². The first-order valence-corrected chi connectivity index (χ1v) is 10.2. The number of nitrogens with two attached hydrogens (primary N) is 1. The van der Waals surface area contributed by atoms with E-state index in [1.807, 2.05) is 42.1 Å². The molecule has 0 atom stereocenters. The van der Waals surface area contributed by atoms with E-state index in [1.54, 1.807) is 12.3 Å². The smallest absolute Gasteiger partial charge is 0.291 e. The first-order valence-electron chi connectivity index (χ1n) is 9.41. The predicted molar refractivity (Wildman–Crippen MR) is 120 cm³/mol. The lowest BCUT2D eigenvalue weighted by atomic mass is 10.1. The summed E-state index contributed by atoms with van der Waals surface area (Å²) in [4.78, 5) is 21.1. The minimum Gasteiger partial charge on any atom is -0.402 e. The minimum absolute atomic E-state index is 0.141. The van der Waals surface area contributed by atoms with Gasteiger partial charge in [0.2, 0.25) is 0 Å². The maximum absolute atomic E-state index is 13.2. The molecule has 0 radical (unpaired) electrons. The Labute approximate surface area is 174 Å². The summed E-state index contributed by atoms with van der Waals surface area (Å²) in [5.74, 6) is 0. The van der Waals surface area contributed by atoms with E-state index in [9.17, 15) is 4.79 Å². The molecule has 0 aliphatic heterocycles. The van der Waals surface area contributed by atoms with Crippen molar-refractivity contribution < 1.29 is 0 Å². The lowest BCUT2D eigenvalue weighted by molar-refractivity contribution is 0.647. The number of rotatable bonds is 5. The fourth-order valence-electron chi connectivity index (χ4n) is 3.81. The van der Waals surface area contributed by atoms with E-state index in [4.69, 9.17) is 11.1 Å². The monoisotopic (exact) mass is 417 g/mol. The van der Waals surface area contributed by atoms with E-state index >= 15 is 0 Å². The molecule has 5 rings (SSSR count). The molecule has 0 aliphatic carbocycles. The number of H-pyrrole nitrogens is 1. The Hall–Kier alpha value is -3.72. The molecule has 9 heteroatoms. The van der Waals surface area contributed by atoms with Crippen molar-refractivity contribution in [1.29, 1.82) is 5.41 Å². The molecule has 150 valence electrons. The van der Waals surface area contributed by atoms with E-state index in [-0.39, 0.29) is 5.56 Å². The molecular formula is C21H19N7OS. The summed E-state index contributed by atoms with van der Waals surface area (Å²) in [6.45, 7) is 0.395. The van der Waals surface area contributed by atoms with Crippen molar-refractivity contribution in [3.63, 3.8) is 0 Å². The molecular weight excluding hydrogens is 398 g/mol. The van der Waals surface area contributed by atoms with Gasteiger partial charge in [-0.1, -0.05) is 12.1 Å².